The van der Waals surface area contributed by atoms with Gasteiger partial charge in [0.15, 0.2) is 12.6 Å². The fourth-order valence-electron chi connectivity index (χ4n) is 4.98. The van der Waals surface area contributed by atoms with Gasteiger partial charge in [0, 0.05) is 5.56 Å². The molecule has 4 nitrogen and oxygen atoms in total. The van der Waals surface area contributed by atoms with E-state index in [4.69, 9.17) is 0 Å². The lowest BCUT2D eigenvalue weighted by Gasteiger charge is -2.11. The van der Waals surface area contributed by atoms with Crippen LogP contribution >= 0.6 is 0 Å². The van der Waals surface area contributed by atoms with Crippen LogP contribution < -0.4 is 0 Å². The maximum Gasteiger partial charge on any atom is 0.153 e. The van der Waals surface area contributed by atoms with E-state index in [1.54, 1.807) is 6.07 Å². The van der Waals surface area contributed by atoms with Crippen molar-refractivity contribution in [3.8, 4) is 22.6 Å². The second-order valence-electron chi connectivity index (χ2n) is 10.1. The van der Waals surface area contributed by atoms with Crippen molar-refractivity contribution in [2.45, 2.75) is 84.0 Å². The molecule has 3 rings (SSSR count). The second-order valence-corrected chi connectivity index (χ2v) is 10.1. The Labute approximate surface area is 221 Å². The van der Waals surface area contributed by atoms with E-state index in [0.717, 1.165) is 66.1 Å². The highest BCUT2D eigenvalue weighted by Crippen LogP contribution is 2.33. The van der Waals surface area contributed by atoms with E-state index in [-0.39, 0.29) is 11.5 Å². The van der Waals surface area contributed by atoms with Gasteiger partial charge in [-0.15, -0.1) is 0 Å². The summed E-state index contributed by atoms with van der Waals surface area (Å²) in [6, 6.07) is 17.3. The second kappa shape index (κ2) is 15.0. The largest absolute Gasteiger partial charge is 0.507 e. The SMILES string of the molecule is Cc1cc(CCCCCCCCCCCCc2cc(C=O)c(O)c(-c3ccccc3)c2)cc(C=O)c1O. The summed E-state index contributed by atoms with van der Waals surface area (Å²) < 4.78 is 0. The minimum absolute atomic E-state index is 0.0624. The van der Waals surface area contributed by atoms with E-state index in [2.05, 4.69) is 0 Å². The molecule has 4 heteroatoms. The van der Waals surface area contributed by atoms with Crippen molar-refractivity contribution in [1.29, 1.82) is 0 Å². The molecule has 0 amide bonds. The van der Waals surface area contributed by atoms with Gasteiger partial charge in [-0.2, -0.15) is 0 Å². The third-order valence-electron chi connectivity index (χ3n) is 7.11. The number of benzene rings is 3. The van der Waals surface area contributed by atoms with Crippen LogP contribution in [-0.4, -0.2) is 22.8 Å². The van der Waals surface area contributed by atoms with Crippen LogP contribution in [0.3, 0.4) is 0 Å². The zero-order chi connectivity index (χ0) is 26.5. The van der Waals surface area contributed by atoms with Crippen molar-refractivity contribution in [2.24, 2.45) is 0 Å². The molecule has 0 aliphatic rings. The molecule has 0 atom stereocenters. The van der Waals surface area contributed by atoms with Crippen molar-refractivity contribution < 1.29 is 19.8 Å². The van der Waals surface area contributed by atoms with Crippen LogP contribution in [0.5, 0.6) is 11.5 Å². The van der Waals surface area contributed by atoms with Crippen LogP contribution in [-0.2, 0) is 12.8 Å². The van der Waals surface area contributed by atoms with E-state index in [1.807, 2.05) is 55.5 Å². The van der Waals surface area contributed by atoms with Gasteiger partial charge < -0.3 is 10.2 Å². The van der Waals surface area contributed by atoms with Gasteiger partial charge >= 0.3 is 0 Å². The fourth-order valence-corrected chi connectivity index (χ4v) is 4.98. The Bertz CT molecular complexity index is 1150. The first-order valence-electron chi connectivity index (χ1n) is 13.7. The first-order valence-corrected chi connectivity index (χ1v) is 13.7. The number of hydrogen-bond acceptors (Lipinski definition) is 4. The lowest BCUT2D eigenvalue weighted by molar-refractivity contribution is 0.111. The molecule has 0 unspecified atom stereocenters. The van der Waals surface area contributed by atoms with Crippen LogP contribution in [0.1, 0.15) is 102 Å². The van der Waals surface area contributed by atoms with Crippen LogP contribution in [0.15, 0.2) is 54.6 Å². The number of phenolic OH excluding ortho intramolecular Hbond substituents is 2. The van der Waals surface area contributed by atoms with Gasteiger partial charge in [0.1, 0.15) is 11.5 Å². The van der Waals surface area contributed by atoms with E-state index in [9.17, 15) is 19.8 Å². The first-order chi connectivity index (χ1) is 18.0. The summed E-state index contributed by atoms with van der Waals surface area (Å²) in [7, 11) is 0. The topological polar surface area (TPSA) is 74.6 Å². The number of rotatable bonds is 16. The fraction of sp³-hybridized carbons (Fsp3) is 0.394. The molecular weight excluding hydrogens is 460 g/mol. The average Bonchev–Trinajstić information content (AvgIpc) is 2.92. The predicted molar refractivity (Wildman–Crippen MR) is 151 cm³/mol. The van der Waals surface area contributed by atoms with Crippen molar-refractivity contribution in [3.05, 3.63) is 82.4 Å². The normalized spacial score (nSPS) is 10.9. The maximum atomic E-state index is 11.5. The number of aldehydes is 2. The van der Waals surface area contributed by atoms with E-state index in [1.165, 1.54) is 51.4 Å². The number of aryl methyl sites for hydroxylation is 3. The first kappa shape index (κ1) is 28.2. The molecule has 0 aliphatic carbocycles. The smallest absolute Gasteiger partial charge is 0.153 e. The molecule has 37 heavy (non-hydrogen) atoms. The Kier molecular flexibility index (Phi) is 11.4. The minimum atomic E-state index is 0.0624. The van der Waals surface area contributed by atoms with E-state index in [0.29, 0.717) is 11.1 Å². The minimum Gasteiger partial charge on any atom is -0.507 e. The number of hydrogen-bond donors (Lipinski definition) is 2. The Morgan fingerprint density at radius 2 is 1.05 bits per heavy atom. The quantitative estimate of drug-likeness (QED) is 0.153. The summed E-state index contributed by atoms with van der Waals surface area (Å²) in [6.07, 6.45) is 15.4. The zero-order valence-corrected chi connectivity index (χ0v) is 22.0. The lowest BCUT2D eigenvalue weighted by Crippen LogP contribution is -1.93. The van der Waals surface area contributed by atoms with Gasteiger partial charge in [-0.05, 0) is 73.1 Å². The van der Waals surface area contributed by atoms with E-state index >= 15 is 0 Å². The van der Waals surface area contributed by atoms with Crippen LogP contribution in [0.25, 0.3) is 11.1 Å². The molecule has 0 heterocycles. The van der Waals surface area contributed by atoms with Crippen LogP contribution in [0, 0.1) is 6.92 Å². The molecule has 0 saturated heterocycles. The third-order valence-corrected chi connectivity index (χ3v) is 7.11. The summed E-state index contributed by atoms with van der Waals surface area (Å²) in [5.74, 6) is 0.163. The summed E-state index contributed by atoms with van der Waals surface area (Å²) in [5.41, 5.74) is 5.40. The molecule has 0 fully saturated rings. The molecule has 0 saturated carbocycles. The zero-order valence-electron chi connectivity index (χ0n) is 22.0. The number of carbonyl (C=O) groups is 2. The average molecular weight is 501 g/mol. The van der Waals surface area contributed by atoms with Crippen LogP contribution in [0.2, 0.25) is 0 Å². The number of aromatic hydroxyl groups is 2. The monoisotopic (exact) mass is 500 g/mol. The van der Waals surface area contributed by atoms with Crippen molar-refractivity contribution in [2.75, 3.05) is 0 Å². The molecule has 0 spiro atoms. The number of unbranched alkanes of at least 4 members (excludes halogenated alkanes) is 9. The molecule has 0 bridgehead atoms. The predicted octanol–water partition coefficient (Wildman–Crippen LogP) is 8.38. The van der Waals surface area contributed by atoms with Crippen LogP contribution in [0.4, 0.5) is 0 Å². The molecule has 3 aromatic carbocycles. The summed E-state index contributed by atoms with van der Waals surface area (Å²) in [5, 5.41) is 20.3. The van der Waals surface area contributed by atoms with Gasteiger partial charge in [0.05, 0.1) is 11.1 Å². The highest BCUT2D eigenvalue weighted by atomic mass is 16.3. The molecular formula is C33H40O4. The van der Waals surface area contributed by atoms with Gasteiger partial charge in [-0.1, -0.05) is 87.8 Å². The maximum absolute atomic E-state index is 11.5. The molecule has 0 aliphatic heterocycles. The Balaban J connectivity index is 1.27. The number of carbonyl (C=O) groups excluding carboxylic acids is 2. The Hall–Kier alpha value is -3.40. The molecule has 0 radical (unpaired) electrons. The lowest BCUT2D eigenvalue weighted by atomic mass is 9.96. The Morgan fingerprint density at radius 1 is 0.595 bits per heavy atom. The van der Waals surface area contributed by atoms with Crippen molar-refractivity contribution in [3.63, 3.8) is 0 Å². The standard InChI is InChI=1S/C33H40O4/c1-25-19-26(20-29(23-34)32(25)36)15-11-8-6-4-2-3-5-7-9-12-16-27-21-30(24-35)33(37)31(22-27)28-17-13-10-14-18-28/h10,13-14,17-24,36-37H,2-9,11-12,15-16H2,1H3. The highest BCUT2D eigenvalue weighted by molar-refractivity contribution is 5.86. The van der Waals surface area contributed by atoms with Gasteiger partial charge in [-0.25, -0.2) is 0 Å². The number of phenols is 2. The van der Waals surface area contributed by atoms with Crippen molar-refractivity contribution in [1.82, 2.24) is 0 Å². The van der Waals surface area contributed by atoms with Gasteiger partial charge in [0.25, 0.3) is 0 Å². The molecule has 0 aromatic heterocycles. The van der Waals surface area contributed by atoms with Gasteiger partial charge in [0.2, 0.25) is 0 Å². The van der Waals surface area contributed by atoms with Gasteiger partial charge in [-0.3, -0.25) is 9.59 Å². The highest BCUT2D eigenvalue weighted by Gasteiger charge is 2.11. The summed E-state index contributed by atoms with van der Waals surface area (Å²) in [4.78, 5) is 22.5. The molecule has 196 valence electrons. The summed E-state index contributed by atoms with van der Waals surface area (Å²) in [6.45, 7) is 1.84. The third kappa shape index (κ3) is 8.59. The summed E-state index contributed by atoms with van der Waals surface area (Å²) >= 11 is 0. The van der Waals surface area contributed by atoms with Crippen molar-refractivity contribution >= 4 is 12.6 Å². The van der Waals surface area contributed by atoms with E-state index < -0.39 is 0 Å². The molecule has 2 N–H and O–H groups in total. The Morgan fingerprint density at radius 3 is 1.57 bits per heavy atom. The molecule has 3 aromatic rings.